The summed E-state index contributed by atoms with van der Waals surface area (Å²) in [6.07, 6.45) is 4.11. The van der Waals surface area contributed by atoms with Gasteiger partial charge in [-0.15, -0.1) is 0 Å². The molecule has 0 aromatic heterocycles. The van der Waals surface area contributed by atoms with Gasteiger partial charge < -0.3 is 4.74 Å². The van der Waals surface area contributed by atoms with Crippen LogP contribution in [0.4, 0.5) is 0 Å². The van der Waals surface area contributed by atoms with E-state index in [9.17, 15) is 0 Å². The maximum atomic E-state index is 5.68. The first-order chi connectivity index (χ1) is 5.64. The number of ether oxygens (including phenoxy) is 1. The van der Waals surface area contributed by atoms with Crippen LogP contribution >= 0.6 is 0 Å². The van der Waals surface area contributed by atoms with Crippen LogP contribution in [0.25, 0.3) is 0 Å². The SMILES string of the molecule is CC(C)[C@@H]1CC[C@@H](C)C[C@]12CO2. The summed E-state index contributed by atoms with van der Waals surface area (Å²) in [5, 5.41) is 0. The first-order valence-electron chi connectivity index (χ1n) is 5.28. The molecule has 1 aliphatic heterocycles. The summed E-state index contributed by atoms with van der Waals surface area (Å²) < 4.78 is 5.68. The molecule has 0 aromatic rings. The third-order valence-electron chi connectivity index (χ3n) is 3.66. The number of hydrogen-bond acceptors (Lipinski definition) is 1. The van der Waals surface area contributed by atoms with Crippen LogP contribution < -0.4 is 0 Å². The minimum Gasteiger partial charge on any atom is -0.369 e. The quantitative estimate of drug-likeness (QED) is 0.548. The number of epoxide rings is 1. The van der Waals surface area contributed by atoms with Crippen molar-refractivity contribution in [1.82, 2.24) is 0 Å². The van der Waals surface area contributed by atoms with Crippen molar-refractivity contribution >= 4 is 0 Å². The van der Waals surface area contributed by atoms with Crippen LogP contribution in [0.2, 0.25) is 0 Å². The van der Waals surface area contributed by atoms with Gasteiger partial charge >= 0.3 is 0 Å². The van der Waals surface area contributed by atoms with Crippen molar-refractivity contribution in [1.29, 1.82) is 0 Å². The second-order valence-corrected chi connectivity index (χ2v) is 5.09. The van der Waals surface area contributed by atoms with Crippen molar-refractivity contribution in [2.75, 3.05) is 6.61 Å². The molecule has 70 valence electrons. The molecule has 0 aromatic carbocycles. The van der Waals surface area contributed by atoms with E-state index in [2.05, 4.69) is 20.8 Å². The van der Waals surface area contributed by atoms with Gasteiger partial charge in [-0.1, -0.05) is 27.2 Å². The fourth-order valence-corrected chi connectivity index (χ4v) is 2.94. The molecule has 2 rings (SSSR count). The van der Waals surface area contributed by atoms with E-state index >= 15 is 0 Å². The molecule has 0 amide bonds. The number of hydrogen-bond donors (Lipinski definition) is 0. The Morgan fingerprint density at radius 3 is 2.50 bits per heavy atom. The van der Waals surface area contributed by atoms with E-state index in [4.69, 9.17) is 4.74 Å². The van der Waals surface area contributed by atoms with Crippen molar-refractivity contribution in [2.45, 2.75) is 45.6 Å². The van der Waals surface area contributed by atoms with Crippen molar-refractivity contribution in [3.05, 3.63) is 0 Å². The Labute approximate surface area is 75.5 Å². The van der Waals surface area contributed by atoms with Gasteiger partial charge in [-0.3, -0.25) is 0 Å². The average Bonchev–Trinajstić information content (AvgIpc) is 2.68. The van der Waals surface area contributed by atoms with Gasteiger partial charge in [0.1, 0.15) is 0 Å². The van der Waals surface area contributed by atoms with E-state index in [1.54, 1.807) is 0 Å². The van der Waals surface area contributed by atoms with Crippen LogP contribution in [0.1, 0.15) is 40.0 Å². The van der Waals surface area contributed by atoms with Gasteiger partial charge in [0.15, 0.2) is 0 Å². The molecule has 1 heteroatoms. The predicted octanol–water partition coefficient (Wildman–Crippen LogP) is 2.85. The standard InChI is InChI=1S/C11H20O/c1-8(2)10-5-4-9(3)6-11(10)7-12-11/h8-10H,4-7H2,1-3H3/t9-,10+,11+/m1/s1. The second kappa shape index (κ2) is 2.73. The van der Waals surface area contributed by atoms with Gasteiger partial charge in [-0.05, 0) is 30.6 Å². The zero-order chi connectivity index (χ0) is 8.77. The highest BCUT2D eigenvalue weighted by Crippen LogP contribution is 2.50. The maximum absolute atomic E-state index is 5.68. The van der Waals surface area contributed by atoms with E-state index in [1.165, 1.54) is 19.3 Å². The Morgan fingerprint density at radius 2 is 2.00 bits per heavy atom. The highest BCUT2D eigenvalue weighted by molar-refractivity contribution is 5.02. The first-order valence-corrected chi connectivity index (χ1v) is 5.28. The van der Waals surface area contributed by atoms with Crippen molar-refractivity contribution in [3.63, 3.8) is 0 Å². The molecule has 3 atom stereocenters. The fourth-order valence-electron chi connectivity index (χ4n) is 2.94. The van der Waals surface area contributed by atoms with Crippen LogP contribution in [-0.4, -0.2) is 12.2 Å². The van der Waals surface area contributed by atoms with Gasteiger partial charge in [0.25, 0.3) is 0 Å². The lowest BCUT2D eigenvalue weighted by Crippen LogP contribution is -2.35. The van der Waals surface area contributed by atoms with E-state index in [0.717, 1.165) is 24.4 Å². The molecule has 0 N–H and O–H groups in total. The van der Waals surface area contributed by atoms with Crippen LogP contribution in [0.15, 0.2) is 0 Å². The zero-order valence-electron chi connectivity index (χ0n) is 8.47. The summed E-state index contributed by atoms with van der Waals surface area (Å²) in [6.45, 7) is 8.08. The summed E-state index contributed by atoms with van der Waals surface area (Å²) in [4.78, 5) is 0. The predicted molar refractivity (Wildman–Crippen MR) is 50.0 cm³/mol. The molecule has 12 heavy (non-hydrogen) atoms. The third kappa shape index (κ3) is 1.28. The lowest BCUT2D eigenvalue weighted by atomic mass is 9.70. The minimum absolute atomic E-state index is 0.339. The smallest absolute Gasteiger partial charge is 0.0949 e. The summed E-state index contributed by atoms with van der Waals surface area (Å²) in [7, 11) is 0. The number of rotatable bonds is 1. The molecular weight excluding hydrogens is 148 g/mol. The maximum Gasteiger partial charge on any atom is 0.0949 e. The van der Waals surface area contributed by atoms with Gasteiger partial charge in [0.2, 0.25) is 0 Å². The molecule has 1 saturated heterocycles. The van der Waals surface area contributed by atoms with Crippen molar-refractivity contribution in [3.8, 4) is 0 Å². The van der Waals surface area contributed by atoms with Crippen LogP contribution in [0, 0.1) is 17.8 Å². The highest BCUT2D eigenvalue weighted by Gasteiger charge is 2.54. The van der Waals surface area contributed by atoms with Gasteiger partial charge in [-0.2, -0.15) is 0 Å². The average molecular weight is 168 g/mol. The van der Waals surface area contributed by atoms with E-state index in [1.807, 2.05) is 0 Å². The van der Waals surface area contributed by atoms with Crippen LogP contribution in [0.3, 0.4) is 0 Å². The highest BCUT2D eigenvalue weighted by atomic mass is 16.6. The van der Waals surface area contributed by atoms with Crippen molar-refractivity contribution < 1.29 is 4.74 Å². The Kier molecular flexibility index (Phi) is 1.95. The van der Waals surface area contributed by atoms with Gasteiger partial charge in [0.05, 0.1) is 12.2 Å². The zero-order valence-corrected chi connectivity index (χ0v) is 8.47. The summed E-state index contributed by atoms with van der Waals surface area (Å²) >= 11 is 0. The van der Waals surface area contributed by atoms with E-state index in [0.29, 0.717) is 5.60 Å². The second-order valence-electron chi connectivity index (χ2n) is 5.09. The van der Waals surface area contributed by atoms with E-state index in [-0.39, 0.29) is 0 Å². The lowest BCUT2D eigenvalue weighted by Gasteiger charge is -2.35. The van der Waals surface area contributed by atoms with Gasteiger partial charge in [0, 0.05) is 0 Å². The summed E-state index contributed by atoms with van der Waals surface area (Å²) in [5.74, 6) is 2.54. The molecule has 1 spiro atoms. The minimum atomic E-state index is 0.339. The Balaban J connectivity index is 2.05. The molecule has 1 heterocycles. The van der Waals surface area contributed by atoms with E-state index < -0.39 is 0 Å². The normalized spacial score (nSPS) is 47.0. The van der Waals surface area contributed by atoms with Crippen molar-refractivity contribution in [2.24, 2.45) is 17.8 Å². The largest absolute Gasteiger partial charge is 0.369 e. The Bertz CT molecular complexity index is 170. The molecule has 1 saturated carbocycles. The third-order valence-corrected chi connectivity index (χ3v) is 3.66. The fraction of sp³-hybridized carbons (Fsp3) is 1.00. The molecule has 2 fully saturated rings. The molecule has 1 aliphatic carbocycles. The molecule has 0 unspecified atom stereocenters. The monoisotopic (exact) mass is 168 g/mol. The molecule has 2 aliphatic rings. The van der Waals surface area contributed by atoms with Crippen LogP contribution in [0.5, 0.6) is 0 Å². The summed E-state index contributed by atoms with van der Waals surface area (Å²) in [5.41, 5.74) is 0.339. The Morgan fingerprint density at radius 1 is 1.33 bits per heavy atom. The molecular formula is C11H20O. The Hall–Kier alpha value is -0.0400. The molecule has 0 bridgehead atoms. The topological polar surface area (TPSA) is 12.5 Å². The molecule has 1 nitrogen and oxygen atoms in total. The molecule has 0 radical (unpaired) electrons. The lowest BCUT2D eigenvalue weighted by molar-refractivity contribution is 0.0953. The first kappa shape index (κ1) is 8.55. The van der Waals surface area contributed by atoms with Gasteiger partial charge in [-0.25, -0.2) is 0 Å². The summed E-state index contributed by atoms with van der Waals surface area (Å²) in [6, 6.07) is 0. The van der Waals surface area contributed by atoms with Crippen LogP contribution in [-0.2, 0) is 4.74 Å².